The maximum Gasteiger partial charge on any atom is 0.326 e. The fourth-order valence-corrected chi connectivity index (χ4v) is 12.4. The second kappa shape index (κ2) is 31.5. The van der Waals surface area contributed by atoms with Crippen LogP contribution in [0.5, 0.6) is 5.75 Å². The van der Waals surface area contributed by atoms with Gasteiger partial charge in [-0.05, 0) is 168 Å². The third-order valence-corrected chi connectivity index (χ3v) is 17.3. The number of rotatable bonds is 34. The van der Waals surface area contributed by atoms with Crippen molar-refractivity contribution in [1.29, 1.82) is 0 Å². The number of anilines is 2. The second-order valence-electron chi connectivity index (χ2n) is 24.3. The topological polar surface area (TPSA) is 239 Å². The number of hydrogen-bond donors (Lipinski definition) is 8. The quantitative estimate of drug-likeness (QED) is 0.0260. The molecule has 0 spiro atoms. The molecule has 0 saturated heterocycles. The molecule has 3 heterocycles. The minimum atomic E-state index is -1.48. The summed E-state index contributed by atoms with van der Waals surface area (Å²) < 4.78 is 6.88. The maximum absolute atomic E-state index is 13.7. The summed E-state index contributed by atoms with van der Waals surface area (Å²) in [6.45, 7) is 16.5. The number of carboxylic acid groups (broad SMARTS) is 3. The number of nitrogens with one attached hydrogen (secondary N) is 5. The number of unbranched alkanes of at least 4 members (excludes halogenated alkanes) is 6. The molecule has 17 nitrogen and oxygen atoms in total. The Kier molecular flexibility index (Phi) is 24.1. The predicted octanol–water partition coefficient (Wildman–Crippen LogP) is 12.1. The van der Waals surface area contributed by atoms with Crippen molar-refractivity contribution < 1.29 is 48.8 Å². The number of urea groups is 1. The SMILES string of the molecule is CCCCN1/C(=C/C=C2\CCCC(/C=C/C3N(CC)c4ccccc4C3(C)C)=C2Oc2ccccc2)C(C)(C)c2cc(C(=O)NCCCCC3C=C(CCCCCCC(=O)NCCCCC(NC(=O)NC(CCC(=O)O)C(=O)O)C(=O)O)N3)ccc21. The molecule has 0 fully saturated rings. The highest BCUT2D eigenvalue weighted by molar-refractivity contribution is 5.95. The van der Waals surface area contributed by atoms with E-state index in [1.165, 1.54) is 33.8 Å². The zero-order valence-electron chi connectivity index (χ0n) is 51.5. The number of aliphatic carboxylic acids is 3. The molecule has 0 saturated carbocycles. The molecule has 4 atom stereocenters. The van der Waals surface area contributed by atoms with Crippen LogP contribution in [0, 0.1) is 0 Å². The molecular formula is C69H93N7O10. The fourth-order valence-electron chi connectivity index (χ4n) is 12.4. The predicted molar refractivity (Wildman–Crippen MR) is 338 cm³/mol. The van der Waals surface area contributed by atoms with Gasteiger partial charge in [0.15, 0.2) is 0 Å². The lowest BCUT2D eigenvalue weighted by atomic mass is 9.80. The summed E-state index contributed by atoms with van der Waals surface area (Å²) in [4.78, 5) is 77.1. The van der Waals surface area contributed by atoms with Crippen molar-refractivity contribution in [3.63, 3.8) is 0 Å². The first kappa shape index (κ1) is 65.7. The highest BCUT2D eigenvalue weighted by Crippen LogP contribution is 2.49. The monoisotopic (exact) mass is 1180 g/mol. The van der Waals surface area contributed by atoms with E-state index in [4.69, 9.17) is 9.84 Å². The molecule has 3 aromatic rings. The summed E-state index contributed by atoms with van der Waals surface area (Å²) in [6, 6.07) is 22.0. The van der Waals surface area contributed by atoms with Gasteiger partial charge >= 0.3 is 23.9 Å². The first-order valence-corrected chi connectivity index (χ1v) is 31.4. The minimum Gasteiger partial charge on any atom is -0.481 e. The summed E-state index contributed by atoms with van der Waals surface area (Å²) in [5.41, 5.74) is 10.2. The first-order valence-electron chi connectivity index (χ1n) is 31.4. The number of amides is 4. The number of para-hydroxylation sites is 2. The maximum atomic E-state index is 13.7. The number of nitrogens with zero attached hydrogens (tertiary/aromatic N) is 2. The molecule has 8 N–H and O–H groups in total. The van der Waals surface area contributed by atoms with Crippen LogP contribution in [0.15, 0.2) is 131 Å². The smallest absolute Gasteiger partial charge is 0.326 e. The van der Waals surface area contributed by atoms with Crippen LogP contribution in [0.2, 0.25) is 0 Å². The third-order valence-electron chi connectivity index (χ3n) is 17.3. The van der Waals surface area contributed by atoms with E-state index in [1.807, 2.05) is 36.4 Å². The average Bonchev–Trinajstić information content (AvgIpc) is 1.79. The number of ether oxygens (including phenoxy) is 1. The van der Waals surface area contributed by atoms with Gasteiger partial charge < -0.3 is 56.4 Å². The summed E-state index contributed by atoms with van der Waals surface area (Å²) in [5.74, 6) is -2.30. The molecular weight excluding hydrogens is 1090 g/mol. The van der Waals surface area contributed by atoms with E-state index in [2.05, 4.69) is 145 Å². The van der Waals surface area contributed by atoms with Crippen LogP contribution in [0.25, 0.3) is 0 Å². The highest BCUT2D eigenvalue weighted by atomic mass is 16.5. The number of carbonyl (C=O) groups excluding carboxylic acids is 3. The van der Waals surface area contributed by atoms with Gasteiger partial charge in [0.1, 0.15) is 23.6 Å². The zero-order valence-corrected chi connectivity index (χ0v) is 51.5. The number of hydrogen-bond acceptors (Lipinski definition) is 10. The van der Waals surface area contributed by atoms with Gasteiger partial charge in [0.05, 0.1) is 6.04 Å². The third kappa shape index (κ3) is 17.7. The van der Waals surface area contributed by atoms with Crippen molar-refractivity contribution in [1.82, 2.24) is 26.6 Å². The molecule has 4 unspecified atom stereocenters. The largest absolute Gasteiger partial charge is 0.481 e. The molecule has 0 aromatic heterocycles. The Hall–Kier alpha value is -7.82. The van der Waals surface area contributed by atoms with Crippen molar-refractivity contribution in [2.45, 2.75) is 199 Å². The molecule has 0 bridgehead atoms. The van der Waals surface area contributed by atoms with Crippen molar-refractivity contribution >= 4 is 47.1 Å². The van der Waals surface area contributed by atoms with Crippen molar-refractivity contribution in [2.24, 2.45) is 0 Å². The second-order valence-corrected chi connectivity index (χ2v) is 24.3. The van der Waals surface area contributed by atoms with Gasteiger partial charge in [0.2, 0.25) is 5.91 Å². The standard InChI is InChI=1S/C69H93N7O10/c1-7-9-44-76-58-38-34-49(45-54(58)69(5,6)60(76)40-36-48-25-23-24-47(63(48)86-52-28-14-12-15-29-52)35-39-59-68(3,4)53-30-17-18-32-57(53)75(59)8-2)64(80)71-43-21-19-27-51-46-50(72-51)26-13-10-11-16-33-61(77)70-42-22-20-31-55(65(81)82)73-67(85)74-56(66(83)84)37-41-62(78)79/h12,14-15,17-18,28-30,32,34-36,38-40,45-46,51,55-56,59,72H,7-11,13,16,19-27,31,33,37,41-44H2,1-6H3,(H,70,77)(H,71,80)(H,78,79)(H,81,82)(H,83,84)(H2,73,74,85)/b39-35+,48-36+,60-40+. The van der Waals surface area contributed by atoms with Gasteiger partial charge in [-0.15, -0.1) is 0 Å². The van der Waals surface area contributed by atoms with Crippen LogP contribution >= 0.6 is 0 Å². The van der Waals surface area contributed by atoms with E-state index in [0.717, 1.165) is 119 Å². The molecule has 17 heteroatoms. The van der Waals surface area contributed by atoms with E-state index >= 15 is 0 Å². The Bertz CT molecular complexity index is 3020. The van der Waals surface area contributed by atoms with Gasteiger partial charge in [0.25, 0.3) is 5.91 Å². The Morgan fingerprint density at radius 2 is 1.43 bits per heavy atom. The molecule has 1 aliphatic carbocycles. The van der Waals surface area contributed by atoms with Crippen LogP contribution < -0.4 is 41.1 Å². The van der Waals surface area contributed by atoms with E-state index < -0.39 is 42.4 Å². The minimum absolute atomic E-state index is 0.0513. The van der Waals surface area contributed by atoms with Crippen LogP contribution in [0.1, 0.15) is 185 Å². The van der Waals surface area contributed by atoms with E-state index in [-0.39, 0.29) is 41.5 Å². The Morgan fingerprint density at radius 3 is 2.15 bits per heavy atom. The van der Waals surface area contributed by atoms with Crippen molar-refractivity contribution in [3.8, 4) is 5.75 Å². The van der Waals surface area contributed by atoms with Crippen LogP contribution in [0.4, 0.5) is 16.2 Å². The Labute approximate surface area is 508 Å². The van der Waals surface area contributed by atoms with Crippen LogP contribution in [-0.4, -0.2) is 101 Å². The molecule has 86 heavy (non-hydrogen) atoms. The van der Waals surface area contributed by atoms with E-state index in [9.17, 15) is 39.0 Å². The van der Waals surface area contributed by atoms with Crippen LogP contribution in [0.3, 0.4) is 0 Å². The number of benzene rings is 3. The van der Waals surface area contributed by atoms with Crippen molar-refractivity contribution in [2.75, 3.05) is 36.0 Å². The summed E-state index contributed by atoms with van der Waals surface area (Å²) in [7, 11) is 0. The Balaban J connectivity index is 0.827. The first-order chi connectivity index (χ1) is 41.3. The van der Waals surface area contributed by atoms with Crippen LogP contribution in [-0.2, 0) is 30.0 Å². The van der Waals surface area contributed by atoms with Gasteiger partial charge in [-0.1, -0.05) is 109 Å². The fraction of sp³-hybridized carbons (Fsp3) is 0.507. The molecule has 4 amide bonds. The number of carboxylic acids is 3. The number of carbonyl (C=O) groups is 6. The number of fused-ring (bicyclic) bond motifs is 2. The summed E-state index contributed by atoms with van der Waals surface area (Å²) in [5, 5.41) is 41.5. The molecule has 3 aromatic carbocycles. The summed E-state index contributed by atoms with van der Waals surface area (Å²) in [6.07, 6.45) is 24.8. The highest BCUT2D eigenvalue weighted by Gasteiger charge is 2.43. The molecule has 3 aliphatic heterocycles. The lowest BCUT2D eigenvalue weighted by Gasteiger charge is -2.32. The Morgan fingerprint density at radius 1 is 0.733 bits per heavy atom. The normalized spacial score (nSPS) is 19.0. The van der Waals surface area contributed by atoms with E-state index in [1.54, 1.807) is 0 Å². The lowest BCUT2D eigenvalue weighted by Crippen LogP contribution is -2.51. The lowest BCUT2D eigenvalue weighted by molar-refractivity contribution is -0.140. The molecule has 464 valence electrons. The van der Waals surface area contributed by atoms with Gasteiger partial charge in [-0.3, -0.25) is 14.4 Å². The van der Waals surface area contributed by atoms with E-state index in [0.29, 0.717) is 44.0 Å². The average molecular weight is 1180 g/mol. The molecule has 7 rings (SSSR count). The number of likely N-dealkylation sites (N-methyl/N-ethyl adjacent to an activating group) is 1. The van der Waals surface area contributed by atoms with Crippen molar-refractivity contribution in [3.05, 3.63) is 148 Å². The summed E-state index contributed by atoms with van der Waals surface area (Å²) >= 11 is 0. The van der Waals surface area contributed by atoms with Gasteiger partial charge in [-0.2, -0.15) is 0 Å². The molecule has 4 aliphatic rings. The zero-order chi connectivity index (χ0) is 61.8. The van der Waals surface area contributed by atoms with Gasteiger partial charge in [0, 0.05) is 84.2 Å². The number of allylic oxidation sites excluding steroid dienone is 7. The van der Waals surface area contributed by atoms with Gasteiger partial charge in [-0.25, -0.2) is 14.4 Å². The molecule has 0 radical (unpaired) electrons.